The molecule has 0 saturated carbocycles. The minimum atomic E-state index is -0.995. The zero-order valence-corrected chi connectivity index (χ0v) is 9.02. The summed E-state index contributed by atoms with van der Waals surface area (Å²) in [6, 6.07) is 2.99. The van der Waals surface area contributed by atoms with E-state index in [1.807, 2.05) is 0 Å². The number of hydrogen-bond donors (Lipinski definition) is 1. The minimum Gasteiger partial charge on any atom is -0.481 e. The fourth-order valence-corrected chi connectivity index (χ4v) is 1.11. The third-order valence-electron chi connectivity index (χ3n) is 2.12. The highest BCUT2D eigenvalue weighted by Crippen LogP contribution is 2.16. The van der Waals surface area contributed by atoms with Crippen LogP contribution in [0.2, 0.25) is 0 Å². The highest BCUT2D eigenvalue weighted by atomic mass is 16.4. The summed E-state index contributed by atoms with van der Waals surface area (Å²) in [7, 11) is 0. The summed E-state index contributed by atoms with van der Waals surface area (Å²) >= 11 is 0. The maximum absolute atomic E-state index is 11.4. The average molecular weight is 210 g/mol. The lowest BCUT2D eigenvalue weighted by Gasteiger charge is -2.19. The van der Waals surface area contributed by atoms with Crippen molar-refractivity contribution in [3.05, 3.63) is 28.2 Å². The maximum atomic E-state index is 11.4. The van der Waals surface area contributed by atoms with E-state index >= 15 is 0 Å². The zero-order chi connectivity index (χ0) is 11.6. The molecule has 5 heteroatoms. The van der Waals surface area contributed by atoms with Crippen molar-refractivity contribution in [1.29, 1.82) is 0 Å². The van der Waals surface area contributed by atoms with Crippen molar-refractivity contribution in [2.75, 3.05) is 0 Å². The largest absolute Gasteiger partial charge is 0.481 e. The summed E-state index contributed by atoms with van der Waals surface area (Å²) in [5.41, 5.74) is -0.587. The zero-order valence-electron chi connectivity index (χ0n) is 9.02. The Balaban J connectivity index is 3.04. The van der Waals surface area contributed by atoms with Gasteiger partial charge in [-0.2, -0.15) is 5.10 Å². The lowest BCUT2D eigenvalue weighted by atomic mass is 9.94. The first-order valence-corrected chi connectivity index (χ1v) is 4.61. The van der Waals surface area contributed by atoms with E-state index in [0.717, 1.165) is 0 Å². The van der Waals surface area contributed by atoms with E-state index in [1.165, 1.54) is 10.7 Å². The first-order chi connectivity index (χ1) is 6.83. The quantitative estimate of drug-likeness (QED) is 0.795. The second kappa shape index (κ2) is 3.84. The molecule has 0 aliphatic heterocycles. The van der Waals surface area contributed by atoms with Crippen LogP contribution >= 0.6 is 0 Å². The van der Waals surface area contributed by atoms with E-state index in [1.54, 1.807) is 26.8 Å². The van der Waals surface area contributed by atoms with Gasteiger partial charge in [-0.05, 0) is 26.8 Å². The second-order valence-corrected chi connectivity index (χ2v) is 4.16. The molecule has 5 nitrogen and oxygen atoms in total. The molecule has 0 radical (unpaired) electrons. The smallest absolute Gasteiger partial charge is 0.310 e. The van der Waals surface area contributed by atoms with Gasteiger partial charge in [0.05, 0.1) is 17.7 Å². The molecular weight excluding hydrogens is 196 g/mol. The van der Waals surface area contributed by atoms with Gasteiger partial charge >= 0.3 is 5.97 Å². The molecule has 0 amide bonds. The standard InChI is InChI=1S/C10H14N2O3/c1-7-4-5-8(13)12(11-7)6-10(2,3)9(14)15/h4-5H,6H2,1-3H3,(H,14,15). The van der Waals surface area contributed by atoms with Crippen LogP contribution in [0.1, 0.15) is 19.5 Å². The van der Waals surface area contributed by atoms with Crippen molar-refractivity contribution in [2.45, 2.75) is 27.3 Å². The fourth-order valence-electron chi connectivity index (χ4n) is 1.11. The third kappa shape index (κ3) is 2.65. The topological polar surface area (TPSA) is 72.2 Å². The summed E-state index contributed by atoms with van der Waals surface area (Å²) in [5, 5.41) is 12.9. The van der Waals surface area contributed by atoms with Crippen LogP contribution in [0.15, 0.2) is 16.9 Å². The SMILES string of the molecule is Cc1ccc(=O)n(CC(C)(C)C(=O)O)n1. The van der Waals surface area contributed by atoms with Gasteiger partial charge in [-0.25, -0.2) is 4.68 Å². The molecule has 0 aliphatic carbocycles. The van der Waals surface area contributed by atoms with Crippen LogP contribution in [0.25, 0.3) is 0 Å². The van der Waals surface area contributed by atoms with Crippen molar-refractivity contribution in [1.82, 2.24) is 9.78 Å². The number of rotatable bonds is 3. The molecule has 0 bridgehead atoms. The van der Waals surface area contributed by atoms with Crippen LogP contribution in [0.3, 0.4) is 0 Å². The van der Waals surface area contributed by atoms with Crippen LogP contribution in [-0.2, 0) is 11.3 Å². The van der Waals surface area contributed by atoms with Crippen molar-refractivity contribution in [3.63, 3.8) is 0 Å². The highest BCUT2D eigenvalue weighted by Gasteiger charge is 2.28. The van der Waals surface area contributed by atoms with Crippen molar-refractivity contribution in [3.8, 4) is 0 Å². The summed E-state index contributed by atoms with van der Waals surface area (Å²) in [6.07, 6.45) is 0. The van der Waals surface area contributed by atoms with Gasteiger partial charge in [0.15, 0.2) is 0 Å². The Hall–Kier alpha value is -1.65. The number of carbonyl (C=O) groups is 1. The molecule has 1 N–H and O–H groups in total. The molecule has 1 rings (SSSR count). The molecule has 0 fully saturated rings. The van der Waals surface area contributed by atoms with Gasteiger partial charge in [0.2, 0.25) is 0 Å². The maximum Gasteiger partial charge on any atom is 0.310 e. The molecule has 1 aromatic heterocycles. The molecule has 82 valence electrons. The van der Waals surface area contributed by atoms with Gasteiger partial charge in [0.1, 0.15) is 0 Å². The Morgan fingerprint density at radius 3 is 2.67 bits per heavy atom. The van der Waals surface area contributed by atoms with Gasteiger partial charge in [-0.15, -0.1) is 0 Å². The summed E-state index contributed by atoms with van der Waals surface area (Å²) in [6.45, 7) is 4.95. The van der Waals surface area contributed by atoms with E-state index < -0.39 is 11.4 Å². The molecule has 0 unspecified atom stereocenters. The number of aryl methyl sites for hydroxylation is 1. The molecule has 0 aliphatic rings. The number of hydrogen-bond acceptors (Lipinski definition) is 3. The second-order valence-electron chi connectivity index (χ2n) is 4.16. The molecule has 1 heterocycles. The molecule has 0 spiro atoms. The average Bonchev–Trinajstić information content (AvgIpc) is 2.10. The van der Waals surface area contributed by atoms with Crippen LogP contribution in [-0.4, -0.2) is 20.9 Å². The van der Waals surface area contributed by atoms with E-state index in [9.17, 15) is 9.59 Å². The minimum absolute atomic E-state index is 0.0723. The van der Waals surface area contributed by atoms with Gasteiger partial charge in [0.25, 0.3) is 5.56 Å². The van der Waals surface area contributed by atoms with Gasteiger partial charge in [-0.1, -0.05) is 0 Å². The van der Waals surface area contributed by atoms with Crippen LogP contribution in [0, 0.1) is 12.3 Å². The highest BCUT2D eigenvalue weighted by molar-refractivity contribution is 5.73. The Morgan fingerprint density at radius 2 is 2.13 bits per heavy atom. The number of aliphatic carboxylic acids is 1. The van der Waals surface area contributed by atoms with Gasteiger partial charge in [0, 0.05) is 6.07 Å². The third-order valence-corrected chi connectivity index (χ3v) is 2.12. The number of carboxylic acids is 1. The molecular formula is C10H14N2O3. The van der Waals surface area contributed by atoms with Crippen molar-refractivity contribution in [2.24, 2.45) is 5.41 Å². The van der Waals surface area contributed by atoms with Crippen molar-refractivity contribution >= 4 is 5.97 Å². The van der Waals surface area contributed by atoms with Gasteiger partial charge < -0.3 is 5.11 Å². The van der Waals surface area contributed by atoms with Crippen LogP contribution < -0.4 is 5.56 Å². The Labute approximate surface area is 87.4 Å². The van der Waals surface area contributed by atoms with Crippen molar-refractivity contribution < 1.29 is 9.90 Å². The monoisotopic (exact) mass is 210 g/mol. The van der Waals surface area contributed by atoms with Crippen LogP contribution in [0.4, 0.5) is 0 Å². The number of aromatic nitrogens is 2. The first kappa shape index (κ1) is 11.4. The molecule has 1 aromatic rings. The van der Waals surface area contributed by atoms with E-state index in [2.05, 4.69) is 5.10 Å². The Morgan fingerprint density at radius 1 is 1.53 bits per heavy atom. The molecule has 0 saturated heterocycles. The molecule has 15 heavy (non-hydrogen) atoms. The van der Waals surface area contributed by atoms with Gasteiger partial charge in [-0.3, -0.25) is 9.59 Å². The Bertz CT molecular complexity index is 435. The molecule has 0 atom stereocenters. The summed E-state index contributed by atoms with van der Waals surface area (Å²) < 4.78 is 1.18. The van der Waals surface area contributed by atoms with E-state index in [4.69, 9.17) is 5.11 Å². The Kier molecular flexibility index (Phi) is 2.93. The first-order valence-electron chi connectivity index (χ1n) is 4.61. The number of carboxylic acid groups (broad SMARTS) is 1. The van der Waals surface area contributed by atoms with E-state index in [-0.39, 0.29) is 12.1 Å². The predicted molar refractivity (Wildman–Crippen MR) is 54.7 cm³/mol. The predicted octanol–water partition coefficient (Wildman–Crippen LogP) is 0.663. The molecule has 0 aromatic carbocycles. The summed E-state index contributed by atoms with van der Waals surface area (Å²) in [5.74, 6) is -0.947. The lowest BCUT2D eigenvalue weighted by molar-refractivity contribution is -0.147. The number of nitrogens with zero attached hydrogens (tertiary/aromatic N) is 2. The lowest BCUT2D eigenvalue weighted by Crippen LogP contribution is -2.35. The van der Waals surface area contributed by atoms with E-state index in [0.29, 0.717) is 5.69 Å². The fraction of sp³-hybridized carbons (Fsp3) is 0.500. The van der Waals surface area contributed by atoms with Crippen LogP contribution in [0.5, 0.6) is 0 Å². The normalized spacial score (nSPS) is 11.4. The summed E-state index contributed by atoms with van der Waals surface area (Å²) in [4.78, 5) is 22.3.